The number of para-hydroxylation sites is 1. The van der Waals surface area contributed by atoms with Gasteiger partial charge in [0.25, 0.3) is 0 Å². The van der Waals surface area contributed by atoms with Crippen LogP contribution in [0.3, 0.4) is 0 Å². The average molecular weight is 579 g/mol. The van der Waals surface area contributed by atoms with Gasteiger partial charge in [0.2, 0.25) is 5.95 Å². The Morgan fingerprint density at radius 3 is 1.87 bits per heavy atom. The lowest BCUT2D eigenvalue weighted by atomic mass is 9.67. The highest BCUT2D eigenvalue weighted by Crippen LogP contribution is 2.52. The van der Waals surface area contributed by atoms with E-state index in [4.69, 9.17) is 15.0 Å². The molecule has 4 heteroatoms. The summed E-state index contributed by atoms with van der Waals surface area (Å²) in [5.74, 6) is 1.92. The first-order chi connectivity index (χ1) is 22.0. The van der Waals surface area contributed by atoms with E-state index in [-0.39, 0.29) is 5.41 Å². The Balaban J connectivity index is 1.44. The van der Waals surface area contributed by atoms with Gasteiger partial charge in [0.05, 0.1) is 11.0 Å². The van der Waals surface area contributed by atoms with Crippen molar-refractivity contribution < 1.29 is 0 Å². The molecule has 0 radical (unpaired) electrons. The molecule has 8 aromatic rings. The monoisotopic (exact) mass is 578 g/mol. The summed E-state index contributed by atoms with van der Waals surface area (Å²) in [4.78, 5) is 15.4. The van der Waals surface area contributed by atoms with Crippen LogP contribution in [-0.4, -0.2) is 19.5 Å². The number of aromatic nitrogens is 4. The van der Waals surface area contributed by atoms with E-state index in [1.54, 1.807) is 0 Å². The second-order valence-electron chi connectivity index (χ2n) is 12.5. The third kappa shape index (κ3) is 3.69. The van der Waals surface area contributed by atoms with Crippen LogP contribution >= 0.6 is 0 Å². The van der Waals surface area contributed by atoms with Gasteiger partial charge in [0.1, 0.15) is 0 Å². The minimum absolute atomic E-state index is 0.279. The summed E-state index contributed by atoms with van der Waals surface area (Å²) < 4.78 is 2.28. The quantitative estimate of drug-likeness (QED) is 0.210. The first-order valence-corrected chi connectivity index (χ1v) is 15.5. The molecule has 6 aromatic carbocycles. The fourth-order valence-corrected chi connectivity index (χ4v) is 7.45. The first-order valence-electron chi connectivity index (χ1n) is 15.5. The molecule has 0 unspecified atom stereocenters. The van der Waals surface area contributed by atoms with Gasteiger partial charge in [0.15, 0.2) is 11.6 Å². The minimum Gasteiger partial charge on any atom is -0.277 e. The zero-order valence-electron chi connectivity index (χ0n) is 25.4. The van der Waals surface area contributed by atoms with Crippen LogP contribution in [0.15, 0.2) is 127 Å². The van der Waals surface area contributed by atoms with Crippen LogP contribution in [0.2, 0.25) is 0 Å². The van der Waals surface area contributed by atoms with E-state index in [9.17, 15) is 0 Å². The molecule has 0 spiro atoms. The van der Waals surface area contributed by atoms with Crippen molar-refractivity contribution in [2.24, 2.45) is 0 Å². The number of benzene rings is 6. The Morgan fingerprint density at radius 1 is 0.533 bits per heavy atom. The molecule has 0 fully saturated rings. The van der Waals surface area contributed by atoms with Gasteiger partial charge in [-0.05, 0) is 51.6 Å². The highest BCUT2D eigenvalue weighted by atomic mass is 15.2. The lowest BCUT2D eigenvalue weighted by Gasteiger charge is -2.36. The van der Waals surface area contributed by atoms with E-state index in [1.807, 2.05) is 36.4 Å². The second-order valence-corrected chi connectivity index (χ2v) is 12.5. The predicted octanol–water partition coefficient (Wildman–Crippen LogP) is 10.1. The molecule has 45 heavy (non-hydrogen) atoms. The molecule has 214 valence electrons. The topological polar surface area (TPSA) is 43.6 Å². The van der Waals surface area contributed by atoms with E-state index in [0.29, 0.717) is 17.6 Å². The van der Waals surface area contributed by atoms with Crippen LogP contribution < -0.4 is 0 Å². The molecule has 1 aliphatic rings. The van der Waals surface area contributed by atoms with Gasteiger partial charge in [-0.2, -0.15) is 9.97 Å². The largest absolute Gasteiger partial charge is 0.277 e. The molecule has 0 saturated carbocycles. The summed E-state index contributed by atoms with van der Waals surface area (Å²) in [6, 6.07) is 45.0. The van der Waals surface area contributed by atoms with Gasteiger partial charge in [0, 0.05) is 27.3 Å². The smallest absolute Gasteiger partial charge is 0.238 e. The van der Waals surface area contributed by atoms with Gasteiger partial charge in [-0.25, -0.2) is 4.98 Å². The third-order valence-electron chi connectivity index (χ3n) is 9.57. The van der Waals surface area contributed by atoms with Crippen LogP contribution in [0.25, 0.3) is 72.4 Å². The molecule has 0 bridgehead atoms. The van der Waals surface area contributed by atoms with Crippen LogP contribution in [0.4, 0.5) is 0 Å². The van der Waals surface area contributed by atoms with Crippen LogP contribution in [0.1, 0.15) is 30.5 Å². The number of hydrogen-bond donors (Lipinski definition) is 0. The number of aryl methyl sites for hydroxylation is 1. The molecule has 2 aromatic heterocycles. The van der Waals surface area contributed by atoms with Crippen molar-refractivity contribution >= 4 is 32.6 Å². The Morgan fingerprint density at radius 2 is 1.16 bits per heavy atom. The summed E-state index contributed by atoms with van der Waals surface area (Å²) in [5, 5.41) is 5.06. The number of fused-ring (bicyclic) bond motifs is 6. The molecule has 2 heterocycles. The zero-order chi connectivity index (χ0) is 30.3. The maximum atomic E-state index is 5.20. The first kappa shape index (κ1) is 25.8. The second kappa shape index (κ2) is 9.44. The summed E-state index contributed by atoms with van der Waals surface area (Å²) >= 11 is 0. The van der Waals surface area contributed by atoms with E-state index < -0.39 is 0 Å². The highest BCUT2D eigenvalue weighted by Gasteiger charge is 2.37. The molecule has 9 rings (SSSR count). The number of hydrogen-bond acceptors (Lipinski definition) is 3. The van der Waals surface area contributed by atoms with Gasteiger partial charge in [-0.1, -0.05) is 135 Å². The van der Waals surface area contributed by atoms with Crippen molar-refractivity contribution in [1.82, 2.24) is 19.5 Å². The normalized spacial score (nSPS) is 13.4. The van der Waals surface area contributed by atoms with E-state index in [0.717, 1.165) is 22.2 Å². The van der Waals surface area contributed by atoms with Crippen LogP contribution in [-0.2, 0) is 5.41 Å². The molecule has 0 aliphatic heterocycles. The summed E-state index contributed by atoms with van der Waals surface area (Å²) in [5.41, 5.74) is 10.3. The van der Waals surface area contributed by atoms with Gasteiger partial charge in [-0.3, -0.25) is 4.57 Å². The van der Waals surface area contributed by atoms with Crippen LogP contribution in [0, 0.1) is 6.92 Å². The lowest BCUT2D eigenvalue weighted by Crippen LogP contribution is -2.25. The molecule has 1 aliphatic carbocycles. The molecular formula is C41H30N4. The Kier molecular flexibility index (Phi) is 5.42. The number of rotatable bonds is 3. The average Bonchev–Trinajstić information content (AvgIpc) is 3.42. The van der Waals surface area contributed by atoms with E-state index in [1.165, 1.54) is 49.4 Å². The van der Waals surface area contributed by atoms with Crippen molar-refractivity contribution in [3.8, 4) is 39.9 Å². The van der Waals surface area contributed by atoms with Crippen molar-refractivity contribution in [3.63, 3.8) is 0 Å². The number of nitrogens with zero attached hydrogens (tertiary/aromatic N) is 4. The molecule has 0 saturated heterocycles. The van der Waals surface area contributed by atoms with Crippen molar-refractivity contribution in [3.05, 3.63) is 144 Å². The molecular weight excluding hydrogens is 548 g/mol. The van der Waals surface area contributed by atoms with Gasteiger partial charge in [-0.15, -0.1) is 0 Å². The predicted molar refractivity (Wildman–Crippen MR) is 185 cm³/mol. The fraction of sp³-hybridized carbons (Fsp3) is 0.0976. The van der Waals surface area contributed by atoms with Crippen molar-refractivity contribution in [2.45, 2.75) is 26.2 Å². The summed E-state index contributed by atoms with van der Waals surface area (Å²) in [6.45, 7) is 6.94. The van der Waals surface area contributed by atoms with E-state index >= 15 is 0 Å². The Hall–Kier alpha value is -5.61. The van der Waals surface area contributed by atoms with E-state index in [2.05, 4.69) is 116 Å². The van der Waals surface area contributed by atoms with Crippen molar-refractivity contribution in [2.75, 3.05) is 0 Å². The lowest BCUT2D eigenvalue weighted by molar-refractivity contribution is 0.648. The summed E-state index contributed by atoms with van der Waals surface area (Å²) in [6.07, 6.45) is 0. The minimum atomic E-state index is -0.279. The fourth-order valence-electron chi connectivity index (χ4n) is 7.45. The van der Waals surface area contributed by atoms with Gasteiger partial charge < -0.3 is 0 Å². The molecule has 0 N–H and O–H groups in total. The maximum absolute atomic E-state index is 5.20. The standard InChI is InChI=1S/C41H30N4/c1-25-21-22-30-31-23-24-32-29-17-10-11-20-34(29)45(37(32)36(31)41(2,3)33-19-12-18-28(25)35(30)33)40-43-38(26-13-6-4-7-14-26)42-39(44-40)27-15-8-5-9-16-27/h4-24H,1-3H3. The Bertz CT molecular complexity index is 2400. The molecule has 0 atom stereocenters. The SMILES string of the molecule is Cc1ccc2c3c(cccc13)C(C)(C)c1c-2ccc2c3ccccc3n(-c3nc(-c4ccccc4)nc(-c4ccccc4)n3)c12. The zero-order valence-corrected chi connectivity index (χ0v) is 25.4. The molecule has 4 nitrogen and oxygen atoms in total. The van der Waals surface area contributed by atoms with Crippen molar-refractivity contribution in [1.29, 1.82) is 0 Å². The Labute approximate surface area is 261 Å². The molecule has 0 amide bonds. The van der Waals surface area contributed by atoms with Gasteiger partial charge >= 0.3 is 0 Å². The van der Waals surface area contributed by atoms with Crippen LogP contribution in [0.5, 0.6) is 0 Å². The summed E-state index contributed by atoms with van der Waals surface area (Å²) in [7, 11) is 0. The third-order valence-corrected chi connectivity index (χ3v) is 9.57. The maximum Gasteiger partial charge on any atom is 0.238 e. The highest BCUT2D eigenvalue weighted by molar-refractivity contribution is 6.15.